The first-order valence-corrected chi connectivity index (χ1v) is 25.1. The number of likely N-dealkylation sites (tertiary alicyclic amines) is 2. The van der Waals surface area contributed by atoms with Gasteiger partial charge >= 0.3 is 5.97 Å². The molecule has 4 aromatic rings. The summed E-state index contributed by atoms with van der Waals surface area (Å²) in [6.45, 7) is 3.85. The van der Waals surface area contributed by atoms with Crippen LogP contribution in [-0.4, -0.2) is 101 Å². The van der Waals surface area contributed by atoms with Crippen LogP contribution in [0.15, 0.2) is 109 Å². The number of hydrogen-bond donors (Lipinski definition) is 1. The Bertz CT molecular complexity index is 2130. The maximum atomic E-state index is 13.7. The minimum atomic E-state index is -3.53. The van der Waals surface area contributed by atoms with E-state index in [2.05, 4.69) is 9.80 Å². The Morgan fingerprint density at radius 2 is 0.935 bits per heavy atom. The van der Waals surface area contributed by atoms with Crippen molar-refractivity contribution in [1.29, 1.82) is 0 Å². The molecule has 4 fully saturated rings. The largest absolute Gasteiger partial charge is 0.465 e. The van der Waals surface area contributed by atoms with Gasteiger partial charge in [0.05, 0.1) is 54.2 Å². The molecule has 2 saturated heterocycles. The molecule has 2 N–H and O–H groups in total. The Hall–Kier alpha value is -4.60. The lowest BCUT2D eigenvalue weighted by atomic mass is 9.90. The van der Waals surface area contributed by atoms with Gasteiger partial charge in [-0.05, 0) is 125 Å². The minimum absolute atomic E-state index is 0.0383. The second-order valence-corrected chi connectivity index (χ2v) is 21.2. The number of rotatable bonds is 15. The van der Waals surface area contributed by atoms with Gasteiger partial charge in [-0.25, -0.2) is 21.6 Å². The predicted molar refractivity (Wildman–Crippen MR) is 245 cm³/mol. The van der Waals surface area contributed by atoms with Gasteiger partial charge in [-0.2, -0.15) is 0 Å². The molecule has 8 rings (SSSR count). The molecule has 62 heavy (non-hydrogen) atoms. The van der Waals surface area contributed by atoms with Gasteiger partial charge in [-0.3, -0.25) is 13.4 Å². The van der Waals surface area contributed by atoms with Crippen molar-refractivity contribution in [1.82, 2.24) is 9.80 Å². The average molecular weight is 884 g/mol. The maximum Gasteiger partial charge on any atom is 0.337 e. The van der Waals surface area contributed by atoms with Crippen LogP contribution in [-0.2, 0) is 37.9 Å². The SMILES string of the molecule is COC(=O)c1ccc(CN(c2ccccc2)S(=O)(=O)C2CCN(C3CCC3)CC2)cc1.NCC(=O)c1ccc(CN(c2ccccc2)S(=O)(=O)C2CCN(C3CCC3)CC2)cc1. The van der Waals surface area contributed by atoms with Crippen LogP contribution in [0.4, 0.5) is 11.4 Å². The summed E-state index contributed by atoms with van der Waals surface area (Å²) < 4.78 is 62.6. The number of nitrogens with zero attached hydrogens (tertiary/aromatic N) is 4. The fraction of sp³-hybridized carbons (Fsp3) is 0.458. The number of esters is 1. The van der Waals surface area contributed by atoms with E-state index < -0.39 is 26.0 Å². The van der Waals surface area contributed by atoms with Gasteiger partial charge in [-0.1, -0.05) is 85.6 Å². The van der Waals surface area contributed by atoms with E-state index in [9.17, 15) is 26.4 Å². The Labute approximate surface area is 368 Å². The summed E-state index contributed by atoms with van der Waals surface area (Å²) in [5.41, 5.74) is 9.44. The summed E-state index contributed by atoms with van der Waals surface area (Å²) in [7, 11) is -5.71. The number of carbonyl (C=O) groups excluding carboxylic acids is 2. The number of carbonyl (C=O) groups is 2. The first-order chi connectivity index (χ1) is 30.0. The number of methoxy groups -OCH3 is 1. The number of ketones is 1. The molecule has 14 heteroatoms. The van der Waals surface area contributed by atoms with E-state index in [1.807, 2.05) is 72.8 Å². The van der Waals surface area contributed by atoms with Crippen LogP contribution in [0.3, 0.4) is 0 Å². The zero-order chi connectivity index (χ0) is 43.7. The van der Waals surface area contributed by atoms with Gasteiger partial charge in [0.25, 0.3) is 0 Å². The third kappa shape index (κ3) is 10.8. The van der Waals surface area contributed by atoms with Crippen LogP contribution in [0.1, 0.15) is 96.1 Å². The van der Waals surface area contributed by atoms with Gasteiger partial charge in [0.1, 0.15) is 0 Å². The fourth-order valence-electron chi connectivity index (χ4n) is 8.90. The molecule has 2 heterocycles. The molecule has 12 nitrogen and oxygen atoms in total. The van der Waals surface area contributed by atoms with Gasteiger partial charge in [0.2, 0.25) is 20.0 Å². The van der Waals surface area contributed by atoms with E-state index in [1.165, 1.54) is 54.2 Å². The number of benzene rings is 4. The highest BCUT2D eigenvalue weighted by Crippen LogP contribution is 2.34. The highest BCUT2D eigenvalue weighted by atomic mass is 32.2. The zero-order valence-electron chi connectivity index (χ0n) is 35.8. The molecular weight excluding hydrogens is 823 g/mol. The smallest absolute Gasteiger partial charge is 0.337 e. The molecule has 2 aliphatic carbocycles. The van der Waals surface area contributed by atoms with Gasteiger partial charge in [-0.15, -0.1) is 0 Å². The quantitative estimate of drug-likeness (QED) is 0.0976. The topological polar surface area (TPSA) is 151 Å². The first kappa shape index (κ1) is 45.4. The van der Waals surface area contributed by atoms with Gasteiger partial charge < -0.3 is 20.3 Å². The molecule has 0 atom stereocenters. The van der Waals surface area contributed by atoms with E-state index in [0.717, 1.165) is 37.3 Å². The van der Waals surface area contributed by atoms with Crippen molar-refractivity contribution in [3.05, 3.63) is 131 Å². The Balaban J connectivity index is 0.000000186. The monoisotopic (exact) mass is 883 g/mol. The van der Waals surface area contributed by atoms with E-state index in [1.54, 1.807) is 36.4 Å². The molecule has 2 aliphatic heterocycles. The highest BCUT2D eigenvalue weighted by molar-refractivity contribution is 7.93. The molecular formula is C48H61N5O7S2. The summed E-state index contributed by atoms with van der Waals surface area (Å²) in [5, 5.41) is -0.750. The number of Topliss-reactive ketones (excluding diaryl/α,β-unsaturated/α-hetero) is 1. The number of para-hydroxylation sites is 2. The predicted octanol–water partition coefficient (Wildman–Crippen LogP) is 7.01. The van der Waals surface area contributed by atoms with Crippen molar-refractivity contribution in [2.45, 2.75) is 99.9 Å². The van der Waals surface area contributed by atoms with Crippen molar-refractivity contribution in [3.63, 3.8) is 0 Å². The van der Waals surface area contributed by atoms with Crippen molar-refractivity contribution < 1.29 is 31.2 Å². The summed E-state index contributed by atoms with van der Waals surface area (Å²) >= 11 is 0. The second-order valence-electron chi connectivity index (χ2n) is 16.9. The van der Waals surface area contributed by atoms with Crippen molar-refractivity contribution in [2.24, 2.45) is 5.73 Å². The third-order valence-electron chi connectivity index (χ3n) is 13.2. The molecule has 0 spiro atoms. The normalized spacial score (nSPS) is 18.4. The zero-order valence-corrected chi connectivity index (χ0v) is 37.4. The van der Waals surface area contributed by atoms with Crippen molar-refractivity contribution >= 4 is 43.2 Å². The molecule has 0 amide bonds. The lowest BCUT2D eigenvalue weighted by molar-refractivity contribution is 0.0600. The van der Waals surface area contributed by atoms with E-state index in [-0.39, 0.29) is 35.9 Å². The Morgan fingerprint density at radius 1 is 0.565 bits per heavy atom. The van der Waals surface area contributed by atoms with E-state index in [4.69, 9.17) is 10.5 Å². The summed E-state index contributed by atoms with van der Waals surface area (Å²) in [6.07, 6.45) is 10.3. The number of piperidine rings is 2. The lowest BCUT2D eigenvalue weighted by Crippen LogP contribution is -2.49. The van der Waals surface area contributed by atoms with E-state index >= 15 is 0 Å². The highest BCUT2D eigenvalue weighted by Gasteiger charge is 2.39. The van der Waals surface area contributed by atoms with Crippen molar-refractivity contribution in [2.75, 3.05) is 48.4 Å². The van der Waals surface area contributed by atoms with Crippen LogP contribution < -0.4 is 14.3 Å². The molecule has 0 radical (unpaired) electrons. The van der Waals surface area contributed by atoms with Crippen LogP contribution in [0.25, 0.3) is 0 Å². The standard InChI is InChI=1S/C24H31N3O3S.C24H30N2O4S/c25-17-24(28)20-11-9-19(10-12-20)18-27(22-5-2-1-3-6-22)31(29,30)23-13-15-26(16-14-23)21-7-4-8-21;1-30-24(27)20-12-10-19(11-13-20)18-26(22-6-3-2-4-7-22)31(28,29)23-14-16-25(17-15-23)21-8-5-9-21/h1-3,5-6,9-12,21,23H,4,7-8,13-18,25H2;2-4,6-7,10-13,21,23H,5,8-9,14-18H2,1H3. The molecule has 2 saturated carbocycles. The molecule has 0 aromatic heterocycles. The lowest BCUT2D eigenvalue weighted by Gasteiger charge is -2.42. The third-order valence-corrected chi connectivity index (χ3v) is 17.7. The van der Waals surface area contributed by atoms with Crippen LogP contribution in [0, 0.1) is 0 Å². The summed E-state index contributed by atoms with van der Waals surface area (Å²) in [6, 6.07) is 33.9. The van der Waals surface area contributed by atoms with Crippen LogP contribution in [0.5, 0.6) is 0 Å². The van der Waals surface area contributed by atoms with Crippen LogP contribution >= 0.6 is 0 Å². The molecule has 4 aliphatic rings. The molecule has 0 bridgehead atoms. The van der Waals surface area contributed by atoms with Gasteiger partial charge in [0.15, 0.2) is 5.78 Å². The second kappa shape index (κ2) is 20.7. The summed E-state index contributed by atoms with van der Waals surface area (Å²) in [5.74, 6) is -0.533. The maximum absolute atomic E-state index is 13.7. The van der Waals surface area contributed by atoms with E-state index in [0.29, 0.717) is 60.3 Å². The Morgan fingerprint density at radius 3 is 1.26 bits per heavy atom. The number of sulfonamides is 2. The molecule has 332 valence electrons. The molecule has 0 unspecified atom stereocenters. The number of ether oxygens (including phenoxy) is 1. The van der Waals surface area contributed by atoms with Crippen molar-refractivity contribution in [3.8, 4) is 0 Å². The Kier molecular flexibility index (Phi) is 15.2. The average Bonchev–Trinajstić information content (AvgIpc) is 3.27. The minimum Gasteiger partial charge on any atom is -0.465 e. The van der Waals surface area contributed by atoms with Gasteiger partial charge in [0, 0.05) is 17.6 Å². The number of hydrogen-bond acceptors (Lipinski definition) is 10. The number of nitrogens with two attached hydrogens (primary N) is 1. The van der Waals surface area contributed by atoms with Crippen LogP contribution in [0.2, 0.25) is 0 Å². The molecule has 4 aromatic carbocycles. The summed E-state index contributed by atoms with van der Waals surface area (Å²) in [4.78, 5) is 28.4. The first-order valence-electron chi connectivity index (χ1n) is 22.1. The fourth-order valence-corrected chi connectivity index (χ4v) is 12.7. The number of anilines is 2.